The number of ether oxygens (including phenoxy) is 3. The Labute approximate surface area is 165 Å². The SMILES string of the molecule is C=C1C=CC(Oc2ccccc2OCC)=CN1/C=C(\C)C(=O)NC1CCOC1. The van der Waals surface area contributed by atoms with Gasteiger partial charge in [0, 0.05) is 24.1 Å². The van der Waals surface area contributed by atoms with Crippen LogP contribution in [0.25, 0.3) is 0 Å². The molecule has 0 spiro atoms. The summed E-state index contributed by atoms with van der Waals surface area (Å²) >= 11 is 0. The largest absolute Gasteiger partial charge is 0.490 e. The number of rotatable bonds is 7. The normalized spacial score (nSPS) is 19.4. The number of carbonyl (C=O) groups is 1. The molecule has 28 heavy (non-hydrogen) atoms. The molecule has 0 bridgehead atoms. The first-order valence-electron chi connectivity index (χ1n) is 9.40. The van der Waals surface area contributed by atoms with Gasteiger partial charge < -0.3 is 24.4 Å². The average molecular weight is 382 g/mol. The highest BCUT2D eigenvalue weighted by atomic mass is 16.5. The highest BCUT2D eigenvalue weighted by molar-refractivity contribution is 5.93. The summed E-state index contributed by atoms with van der Waals surface area (Å²) < 4.78 is 16.9. The highest BCUT2D eigenvalue weighted by Gasteiger charge is 2.19. The van der Waals surface area contributed by atoms with Crippen molar-refractivity contribution in [2.45, 2.75) is 26.3 Å². The molecule has 1 aromatic carbocycles. The maximum Gasteiger partial charge on any atom is 0.248 e. The molecule has 1 N–H and O–H groups in total. The van der Waals surface area contributed by atoms with Gasteiger partial charge in [-0.05, 0) is 44.6 Å². The van der Waals surface area contributed by atoms with Crippen LogP contribution in [-0.2, 0) is 9.53 Å². The molecule has 1 atom stereocenters. The molecule has 1 aromatic rings. The molecule has 2 aliphatic heterocycles. The lowest BCUT2D eigenvalue weighted by atomic mass is 10.2. The Hall–Kier alpha value is -2.99. The predicted molar refractivity (Wildman–Crippen MR) is 108 cm³/mol. The number of nitrogens with one attached hydrogen (secondary N) is 1. The van der Waals surface area contributed by atoms with Crippen LogP contribution in [0.5, 0.6) is 11.5 Å². The number of benzene rings is 1. The summed E-state index contributed by atoms with van der Waals surface area (Å²) in [6, 6.07) is 7.58. The second-order valence-corrected chi connectivity index (χ2v) is 6.59. The molecule has 2 heterocycles. The summed E-state index contributed by atoms with van der Waals surface area (Å²) in [7, 11) is 0. The van der Waals surface area contributed by atoms with Crippen molar-refractivity contribution in [1.82, 2.24) is 10.2 Å². The van der Waals surface area contributed by atoms with E-state index in [1.807, 2.05) is 43.3 Å². The Bertz CT molecular complexity index is 820. The smallest absolute Gasteiger partial charge is 0.248 e. The van der Waals surface area contributed by atoms with Gasteiger partial charge in [0.15, 0.2) is 11.5 Å². The van der Waals surface area contributed by atoms with Crippen LogP contribution < -0.4 is 14.8 Å². The summed E-state index contributed by atoms with van der Waals surface area (Å²) in [4.78, 5) is 14.2. The van der Waals surface area contributed by atoms with Crippen molar-refractivity contribution in [3.8, 4) is 11.5 Å². The van der Waals surface area contributed by atoms with Crippen molar-refractivity contribution in [2.75, 3.05) is 19.8 Å². The fourth-order valence-corrected chi connectivity index (χ4v) is 2.86. The molecular weight excluding hydrogens is 356 g/mol. The standard InChI is InChI=1S/C22H26N2O4/c1-4-27-20-7-5-6-8-21(20)28-19-10-9-17(3)24(14-19)13-16(2)22(25)23-18-11-12-26-15-18/h5-10,13-14,18H,3-4,11-12,15H2,1-2H3,(H,23,25)/b16-13+. The average Bonchev–Trinajstić information content (AvgIpc) is 3.19. The van der Waals surface area contributed by atoms with Gasteiger partial charge in [-0.2, -0.15) is 0 Å². The molecule has 1 amide bonds. The monoisotopic (exact) mass is 382 g/mol. The van der Waals surface area contributed by atoms with Gasteiger partial charge in [-0.25, -0.2) is 0 Å². The minimum absolute atomic E-state index is 0.0739. The molecule has 0 radical (unpaired) electrons. The lowest BCUT2D eigenvalue weighted by Gasteiger charge is -2.23. The number of hydrogen-bond acceptors (Lipinski definition) is 5. The quantitative estimate of drug-likeness (QED) is 0.732. The third-order valence-electron chi connectivity index (χ3n) is 4.37. The third kappa shape index (κ3) is 5.04. The summed E-state index contributed by atoms with van der Waals surface area (Å²) in [5.74, 6) is 1.82. The van der Waals surface area contributed by atoms with Gasteiger partial charge in [0.05, 0.1) is 25.5 Å². The van der Waals surface area contributed by atoms with Gasteiger partial charge >= 0.3 is 0 Å². The zero-order valence-corrected chi connectivity index (χ0v) is 16.3. The molecular formula is C22H26N2O4. The summed E-state index contributed by atoms with van der Waals surface area (Å²) in [6.07, 6.45) is 8.05. The minimum atomic E-state index is -0.115. The van der Waals surface area contributed by atoms with Gasteiger partial charge in [0.1, 0.15) is 5.76 Å². The van der Waals surface area contributed by atoms with Crippen LogP contribution in [-0.4, -0.2) is 36.7 Å². The highest BCUT2D eigenvalue weighted by Crippen LogP contribution is 2.29. The minimum Gasteiger partial charge on any atom is -0.490 e. The lowest BCUT2D eigenvalue weighted by molar-refractivity contribution is -0.118. The van der Waals surface area contributed by atoms with Crippen LogP contribution in [0.3, 0.4) is 0 Å². The van der Waals surface area contributed by atoms with Gasteiger partial charge in [0.25, 0.3) is 0 Å². The summed E-state index contributed by atoms with van der Waals surface area (Å²) in [6.45, 7) is 9.53. The van der Waals surface area contributed by atoms with E-state index < -0.39 is 0 Å². The van der Waals surface area contributed by atoms with E-state index in [9.17, 15) is 4.79 Å². The van der Waals surface area contributed by atoms with Crippen LogP contribution in [0.1, 0.15) is 20.3 Å². The van der Waals surface area contributed by atoms with Crippen LogP contribution >= 0.6 is 0 Å². The van der Waals surface area contributed by atoms with Crippen LogP contribution in [0.4, 0.5) is 0 Å². The molecule has 1 fully saturated rings. The van der Waals surface area contributed by atoms with Crippen molar-refractivity contribution >= 4 is 5.91 Å². The second kappa shape index (κ2) is 9.28. The molecule has 1 saturated heterocycles. The van der Waals surface area contributed by atoms with E-state index in [2.05, 4.69) is 11.9 Å². The Kier molecular flexibility index (Phi) is 6.55. The van der Waals surface area contributed by atoms with Crippen molar-refractivity contribution in [3.05, 3.63) is 72.4 Å². The first kappa shape index (κ1) is 19.8. The molecule has 6 nitrogen and oxygen atoms in total. The Morgan fingerprint density at radius 1 is 1.36 bits per heavy atom. The van der Waals surface area contributed by atoms with E-state index in [0.29, 0.717) is 42.7 Å². The first-order chi connectivity index (χ1) is 13.6. The molecule has 6 heteroatoms. The van der Waals surface area contributed by atoms with Gasteiger partial charge in [0.2, 0.25) is 5.91 Å². The molecule has 0 saturated carbocycles. The van der Waals surface area contributed by atoms with Gasteiger partial charge in [-0.3, -0.25) is 4.79 Å². The van der Waals surface area contributed by atoms with Crippen LogP contribution in [0, 0.1) is 0 Å². The molecule has 2 aliphatic rings. The van der Waals surface area contributed by atoms with Crippen LogP contribution in [0.15, 0.2) is 72.4 Å². The van der Waals surface area contributed by atoms with E-state index in [-0.39, 0.29) is 11.9 Å². The first-order valence-corrected chi connectivity index (χ1v) is 9.40. The zero-order valence-electron chi connectivity index (χ0n) is 16.3. The van der Waals surface area contributed by atoms with Crippen LogP contribution in [0.2, 0.25) is 0 Å². The topological polar surface area (TPSA) is 60.0 Å². The number of para-hydroxylation sites is 2. The number of carbonyl (C=O) groups excluding carboxylic acids is 1. The molecule has 3 rings (SSSR count). The molecule has 0 aliphatic carbocycles. The van der Waals surface area contributed by atoms with Crippen molar-refractivity contribution < 1.29 is 19.0 Å². The van der Waals surface area contributed by atoms with Crippen molar-refractivity contribution in [1.29, 1.82) is 0 Å². The Morgan fingerprint density at radius 3 is 2.86 bits per heavy atom. The second-order valence-electron chi connectivity index (χ2n) is 6.59. The van der Waals surface area contributed by atoms with Crippen molar-refractivity contribution in [2.24, 2.45) is 0 Å². The van der Waals surface area contributed by atoms with Gasteiger partial charge in [-0.1, -0.05) is 18.7 Å². The Balaban J connectivity index is 1.71. The van der Waals surface area contributed by atoms with Gasteiger partial charge in [-0.15, -0.1) is 0 Å². The molecule has 148 valence electrons. The van der Waals surface area contributed by atoms with E-state index >= 15 is 0 Å². The van der Waals surface area contributed by atoms with E-state index in [1.165, 1.54) is 0 Å². The fourth-order valence-electron chi connectivity index (χ4n) is 2.86. The van der Waals surface area contributed by atoms with E-state index in [1.54, 1.807) is 24.2 Å². The predicted octanol–water partition coefficient (Wildman–Crippen LogP) is 3.50. The van der Waals surface area contributed by atoms with Crippen molar-refractivity contribution in [3.63, 3.8) is 0 Å². The van der Waals surface area contributed by atoms with E-state index in [0.717, 1.165) is 12.1 Å². The number of allylic oxidation sites excluding steroid dienone is 2. The fraction of sp³-hybridized carbons (Fsp3) is 0.318. The Morgan fingerprint density at radius 2 is 2.14 bits per heavy atom. The molecule has 0 aromatic heterocycles. The third-order valence-corrected chi connectivity index (χ3v) is 4.37. The summed E-state index contributed by atoms with van der Waals surface area (Å²) in [5, 5.41) is 2.98. The zero-order chi connectivity index (χ0) is 19.9. The number of amides is 1. The number of hydrogen-bond donors (Lipinski definition) is 1. The van der Waals surface area contributed by atoms with E-state index in [4.69, 9.17) is 14.2 Å². The molecule has 1 unspecified atom stereocenters. The lowest BCUT2D eigenvalue weighted by Crippen LogP contribution is -2.35. The maximum absolute atomic E-state index is 12.4. The maximum atomic E-state index is 12.4. The summed E-state index contributed by atoms with van der Waals surface area (Å²) in [5.41, 5.74) is 1.32. The number of nitrogens with zero attached hydrogens (tertiary/aromatic N) is 1.